The number of benzene rings is 1. The predicted molar refractivity (Wildman–Crippen MR) is 74.0 cm³/mol. The normalized spacial score (nSPS) is 18.9. The van der Waals surface area contributed by atoms with Gasteiger partial charge in [0.25, 0.3) is 0 Å². The van der Waals surface area contributed by atoms with Gasteiger partial charge in [0.05, 0.1) is 0 Å². The van der Waals surface area contributed by atoms with Gasteiger partial charge in [-0.15, -0.1) is 0 Å². The summed E-state index contributed by atoms with van der Waals surface area (Å²) in [6.45, 7) is 1.68. The average Bonchev–Trinajstić information content (AvgIpc) is 2.35. The molecule has 1 atom stereocenters. The molecule has 100 valence electrons. The lowest BCUT2D eigenvalue weighted by Crippen LogP contribution is -2.09. The van der Waals surface area contributed by atoms with Gasteiger partial charge in [-0.2, -0.15) is 0 Å². The van der Waals surface area contributed by atoms with E-state index in [1.54, 1.807) is 13.0 Å². The van der Waals surface area contributed by atoms with Gasteiger partial charge >= 0.3 is 0 Å². The minimum atomic E-state index is -0.464. The summed E-state index contributed by atoms with van der Waals surface area (Å²) in [7, 11) is 0. The second-order valence-corrected chi connectivity index (χ2v) is 6.44. The first-order chi connectivity index (χ1) is 8.58. The summed E-state index contributed by atoms with van der Waals surface area (Å²) in [5.41, 5.74) is 1.11. The molecule has 2 rings (SSSR count). The van der Waals surface area contributed by atoms with E-state index in [0.717, 1.165) is 12.5 Å². The van der Waals surface area contributed by atoms with E-state index in [2.05, 4.69) is 15.9 Å². The summed E-state index contributed by atoms with van der Waals surface area (Å²) >= 11 is 3.57. The molecule has 0 nitrogen and oxygen atoms in total. The molecule has 1 fully saturated rings. The number of halogens is 3. The Morgan fingerprint density at radius 3 is 2.50 bits per heavy atom. The molecular formula is C15H19BrF2. The van der Waals surface area contributed by atoms with Crippen molar-refractivity contribution in [1.29, 1.82) is 0 Å². The largest absolute Gasteiger partial charge is 0.207 e. The van der Waals surface area contributed by atoms with Gasteiger partial charge in [0, 0.05) is 16.5 Å². The topological polar surface area (TPSA) is 0 Å². The smallest absolute Gasteiger partial charge is 0.130 e. The van der Waals surface area contributed by atoms with Crippen LogP contribution in [0.25, 0.3) is 0 Å². The third-order valence-electron chi connectivity index (χ3n) is 3.88. The zero-order valence-electron chi connectivity index (χ0n) is 10.7. The van der Waals surface area contributed by atoms with Crippen molar-refractivity contribution in [3.05, 3.63) is 34.9 Å². The van der Waals surface area contributed by atoms with Gasteiger partial charge in [0.2, 0.25) is 0 Å². The fourth-order valence-corrected chi connectivity index (χ4v) is 3.64. The van der Waals surface area contributed by atoms with Crippen LogP contribution in [0.3, 0.4) is 0 Å². The van der Waals surface area contributed by atoms with Crippen molar-refractivity contribution in [2.45, 2.75) is 50.3 Å². The highest BCUT2D eigenvalue weighted by molar-refractivity contribution is 9.09. The molecule has 0 bridgehead atoms. The molecule has 1 aliphatic rings. The first-order valence-corrected chi connectivity index (χ1v) is 7.59. The van der Waals surface area contributed by atoms with Crippen molar-refractivity contribution in [3.63, 3.8) is 0 Å². The number of aryl methyl sites for hydroxylation is 1. The van der Waals surface area contributed by atoms with E-state index in [9.17, 15) is 8.78 Å². The summed E-state index contributed by atoms with van der Waals surface area (Å²) in [5.74, 6) is -0.225. The van der Waals surface area contributed by atoms with Gasteiger partial charge in [0.15, 0.2) is 0 Å². The van der Waals surface area contributed by atoms with E-state index < -0.39 is 11.6 Å². The monoisotopic (exact) mass is 316 g/mol. The van der Waals surface area contributed by atoms with E-state index in [4.69, 9.17) is 0 Å². The van der Waals surface area contributed by atoms with Crippen LogP contribution in [0.2, 0.25) is 0 Å². The van der Waals surface area contributed by atoms with Crippen molar-refractivity contribution >= 4 is 15.9 Å². The Hall–Kier alpha value is -0.440. The highest BCUT2D eigenvalue weighted by Gasteiger charge is 2.21. The van der Waals surface area contributed by atoms with Crippen molar-refractivity contribution < 1.29 is 8.78 Å². The van der Waals surface area contributed by atoms with Crippen LogP contribution < -0.4 is 0 Å². The Kier molecular flexibility index (Phi) is 4.77. The molecule has 0 amide bonds. The van der Waals surface area contributed by atoms with Gasteiger partial charge in [0.1, 0.15) is 11.6 Å². The zero-order valence-corrected chi connectivity index (χ0v) is 12.3. The maximum atomic E-state index is 13.8. The number of hydrogen-bond donors (Lipinski definition) is 0. The van der Waals surface area contributed by atoms with E-state index in [0.29, 0.717) is 17.0 Å². The third-order valence-corrected chi connectivity index (χ3v) is 4.75. The summed E-state index contributed by atoms with van der Waals surface area (Å²) in [5, 5.41) is 0. The molecule has 18 heavy (non-hydrogen) atoms. The summed E-state index contributed by atoms with van der Waals surface area (Å²) in [6, 6.07) is 2.63. The summed E-state index contributed by atoms with van der Waals surface area (Å²) < 4.78 is 27.0. The highest BCUT2D eigenvalue weighted by atomic mass is 79.9. The minimum Gasteiger partial charge on any atom is -0.207 e. The molecule has 3 heteroatoms. The van der Waals surface area contributed by atoms with Gasteiger partial charge < -0.3 is 0 Å². The van der Waals surface area contributed by atoms with Crippen LogP contribution in [-0.4, -0.2) is 0 Å². The Bertz CT molecular complexity index is 411. The fraction of sp³-hybridized carbons (Fsp3) is 0.600. The maximum absolute atomic E-state index is 13.8. The van der Waals surface area contributed by atoms with Crippen molar-refractivity contribution in [3.8, 4) is 0 Å². The lowest BCUT2D eigenvalue weighted by Gasteiger charge is -2.24. The Morgan fingerprint density at radius 2 is 1.83 bits per heavy atom. The van der Waals surface area contributed by atoms with Crippen LogP contribution in [0.15, 0.2) is 12.1 Å². The van der Waals surface area contributed by atoms with Crippen molar-refractivity contribution in [2.75, 3.05) is 0 Å². The minimum absolute atomic E-state index is 0.0000926. The summed E-state index contributed by atoms with van der Waals surface area (Å²) in [6.07, 6.45) is 7.33. The zero-order chi connectivity index (χ0) is 13.1. The molecule has 0 saturated heterocycles. The number of alkyl halides is 1. The van der Waals surface area contributed by atoms with E-state index >= 15 is 0 Å². The molecule has 0 aliphatic heterocycles. The lowest BCUT2D eigenvalue weighted by molar-refractivity contribution is 0.337. The SMILES string of the molecule is Cc1cc(C(Br)CC2CCCCC2)c(F)cc1F. The molecule has 1 aliphatic carbocycles. The van der Waals surface area contributed by atoms with Crippen molar-refractivity contribution in [1.82, 2.24) is 0 Å². The van der Waals surface area contributed by atoms with Gasteiger partial charge in [-0.25, -0.2) is 8.78 Å². The van der Waals surface area contributed by atoms with Crippen molar-refractivity contribution in [2.24, 2.45) is 5.92 Å². The molecule has 1 unspecified atom stereocenters. The molecule has 0 radical (unpaired) electrons. The molecule has 1 saturated carbocycles. The quantitative estimate of drug-likeness (QED) is 0.629. The molecule has 0 heterocycles. The first kappa shape index (κ1) is 14.0. The Labute approximate surface area is 116 Å². The van der Waals surface area contributed by atoms with Gasteiger partial charge in [-0.3, -0.25) is 0 Å². The standard InChI is InChI=1S/C15H19BrF2/c1-10-7-12(15(18)9-14(10)17)13(16)8-11-5-3-2-4-6-11/h7,9,11,13H,2-6,8H2,1H3. The van der Waals surface area contributed by atoms with Crippen LogP contribution in [0, 0.1) is 24.5 Å². The molecule has 0 aromatic heterocycles. The molecular weight excluding hydrogens is 298 g/mol. The van der Waals surface area contributed by atoms with Gasteiger partial charge in [-0.1, -0.05) is 48.0 Å². The average molecular weight is 317 g/mol. The van der Waals surface area contributed by atoms with Crippen LogP contribution in [0.1, 0.15) is 54.5 Å². The summed E-state index contributed by atoms with van der Waals surface area (Å²) in [4.78, 5) is -0.0000926. The Morgan fingerprint density at radius 1 is 1.17 bits per heavy atom. The van der Waals surface area contributed by atoms with Crippen LogP contribution in [0.5, 0.6) is 0 Å². The van der Waals surface area contributed by atoms with Crippen LogP contribution in [0.4, 0.5) is 8.78 Å². The molecule has 0 spiro atoms. The second kappa shape index (κ2) is 6.14. The molecule has 1 aromatic rings. The molecule has 0 N–H and O–H groups in total. The van der Waals surface area contributed by atoms with E-state index in [1.165, 1.54) is 32.1 Å². The number of hydrogen-bond acceptors (Lipinski definition) is 0. The van der Waals surface area contributed by atoms with E-state index in [-0.39, 0.29) is 4.83 Å². The highest BCUT2D eigenvalue weighted by Crippen LogP contribution is 2.37. The third kappa shape index (κ3) is 3.31. The fourth-order valence-electron chi connectivity index (χ4n) is 2.76. The number of rotatable bonds is 3. The van der Waals surface area contributed by atoms with Crippen LogP contribution in [-0.2, 0) is 0 Å². The lowest BCUT2D eigenvalue weighted by atomic mass is 9.85. The predicted octanol–water partition coefficient (Wildman–Crippen LogP) is 5.68. The second-order valence-electron chi connectivity index (χ2n) is 5.33. The van der Waals surface area contributed by atoms with E-state index in [1.807, 2.05) is 0 Å². The molecule has 1 aromatic carbocycles. The van der Waals surface area contributed by atoms with Gasteiger partial charge in [-0.05, 0) is 30.9 Å². The maximum Gasteiger partial charge on any atom is 0.130 e. The first-order valence-electron chi connectivity index (χ1n) is 6.67. The Balaban J connectivity index is 2.08. The van der Waals surface area contributed by atoms with Crippen LogP contribution >= 0.6 is 15.9 Å².